The van der Waals surface area contributed by atoms with Gasteiger partial charge in [-0.15, -0.1) is 0 Å². The largest absolute Gasteiger partial charge is 0.321 e. The lowest BCUT2D eigenvalue weighted by atomic mass is 10.0. The van der Waals surface area contributed by atoms with Crippen molar-refractivity contribution in [2.24, 2.45) is 0 Å². The summed E-state index contributed by atoms with van der Waals surface area (Å²) in [6.07, 6.45) is 7.12. The summed E-state index contributed by atoms with van der Waals surface area (Å²) in [5.74, 6) is 0.368. The molecule has 4 unspecified atom stereocenters. The monoisotopic (exact) mass is 265 g/mol. The number of amides is 1. The molecule has 0 bridgehead atoms. The molecule has 3 aliphatic heterocycles. The Balaban J connectivity index is 1.76. The van der Waals surface area contributed by atoms with Crippen molar-refractivity contribution in [1.29, 1.82) is 0 Å². The second-order valence-electron chi connectivity index (χ2n) is 6.28. The van der Waals surface area contributed by atoms with Crippen molar-refractivity contribution in [2.45, 2.75) is 76.7 Å². The van der Waals surface area contributed by atoms with E-state index in [0.29, 0.717) is 18.0 Å². The van der Waals surface area contributed by atoms with Gasteiger partial charge in [0, 0.05) is 12.6 Å². The minimum Gasteiger partial charge on any atom is -0.321 e. The van der Waals surface area contributed by atoms with Crippen LogP contribution in [0.5, 0.6) is 0 Å². The van der Waals surface area contributed by atoms with Crippen molar-refractivity contribution in [3.63, 3.8) is 0 Å². The number of fused-ring (bicyclic) bond motifs is 1. The summed E-state index contributed by atoms with van der Waals surface area (Å²) in [6.45, 7) is 6.78. The van der Waals surface area contributed by atoms with Crippen LogP contribution in [-0.2, 0) is 4.79 Å². The van der Waals surface area contributed by atoms with Gasteiger partial charge < -0.3 is 4.90 Å². The molecule has 0 aromatic rings. The van der Waals surface area contributed by atoms with Crippen LogP contribution < -0.4 is 5.32 Å². The van der Waals surface area contributed by atoms with E-state index in [2.05, 4.69) is 29.0 Å². The number of rotatable bonds is 4. The lowest BCUT2D eigenvalue weighted by Gasteiger charge is -2.33. The topological polar surface area (TPSA) is 35.6 Å². The van der Waals surface area contributed by atoms with Crippen LogP contribution >= 0.6 is 0 Å². The Morgan fingerprint density at radius 2 is 2.05 bits per heavy atom. The van der Waals surface area contributed by atoms with Gasteiger partial charge in [0.05, 0.1) is 18.2 Å². The maximum Gasteiger partial charge on any atom is 0.241 e. The Hall–Kier alpha value is -0.610. The van der Waals surface area contributed by atoms with Gasteiger partial charge in [0.15, 0.2) is 0 Å². The van der Waals surface area contributed by atoms with Crippen molar-refractivity contribution in [3.05, 3.63) is 0 Å². The van der Waals surface area contributed by atoms with Crippen LogP contribution in [0.25, 0.3) is 0 Å². The van der Waals surface area contributed by atoms with E-state index < -0.39 is 0 Å². The van der Waals surface area contributed by atoms with Crippen LogP contribution in [0.1, 0.15) is 52.4 Å². The molecule has 3 rings (SSSR count). The first kappa shape index (κ1) is 13.4. The molecule has 3 saturated heterocycles. The van der Waals surface area contributed by atoms with Gasteiger partial charge in [-0.3, -0.25) is 15.0 Å². The number of carbonyl (C=O) groups is 1. The maximum absolute atomic E-state index is 12.7. The molecule has 4 heteroatoms. The van der Waals surface area contributed by atoms with Gasteiger partial charge in [-0.05, 0) is 38.6 Å². The second-order valence-corrected chi connectivity index (χ2v) is 6.28. The summed E-state index contributed by atoms with van der Waals surface area (Å²) in [5, 5.41) is 3.56. The van der Waals surface area contributed by atoms with E-state index in [-0.39, 0.29) is 12.2 Å². The van der Waals surface area contributed by atoms with Crippen molar-refractivity contribution >= 4 is 5.91 Å². The van der Waals surface area contributed by atoms with E-state index >= 15 is 0 Å². The van der Waals surface area contributed by atoms with E-state index in [9.17, 15) is 4.79 Å². The molecule has 3 heterocycles. The SMILES string of the molecule is CCCC1NC(CC)N(C2CCN3CCCC23)C1=O. The van der Waals surface area contributed by atoms with Crippen LogP contribution in [-0.4, -0.2) is 53.1 Å². The third-order valence-electron chi connectivity index (χ3n) is 5.17. The first-order valence-corrected chi connectivity index (χ1v) is 8.08. The molecule has 108 valence electrons. The number of nitrogens with one attached hydrogen (secondary N) is 1. The zero-order valence-electron chi connectivity index (χ0n) is 12.3. The third kappa shape index (κ3) is 2.19. The smallest absolute Gasteiger partial charge is 0.241 e. The molecular weight excluding hydrogens is 238 g/mol. The fourth-order valence-corrected chi connectivity index (χ4v) is 4.30. The van der Waals surface area contributed by atoms with Crippen LogP contribution in [0.4, 0.5) is 0 Å². The molecule has 3 fully saturated rings. The molecule has 4 nitrogen and oxygen atoms in total. The van der Waals surface area contributed by atoms with Crippen molar-refractivity contribution in [2.75, 3.05) is 13.1 Å². The Morgan fingerprint density at radius 3 is 2.79 bits per heavy atom. The predicted octanol–water partition coefficient (Wildman–Crippen LogP) is 1.56. The molecule has 0 aromatic carbocycles. The quantitative estimate of drug-likeness (QED) is 0.838. The van der Waals surface area contributed by atoms with Crippen molar-refractivity contribution in [3.8, 4) is 0 Å². The highest BCUT2D eigenvalue weighted by Crippen LogP contribution is 2.34. The zero-order valence-corrected chi connectivity index (χ0v) is 12.3. The molecule has 1 amide bonds. The zero-order chi connectivity index (χ0) is 13.4. The van der Waals surface area contributed by atoms with Crippen molar-refractivity contribution < 1.29 is 4.79 Å². The van der Waals surface area contributed by atoms with Gasteiger partial charge in [0.2, 0.25) is 5.91 Å². The normalized spacial score (nSPS) is 39.3. The number of hydrogen-bond donors (Lipinski definition) is 1. The molecular formula is C15H27N3O. The molecule has 1 N–H and O–H groups in total. The van der Waals surface area contributed by atoms with E-state index in [1.165, 1.54) is 32.4 Å². The van der Waals surface area contributed by atoms with E-state index in [0.717, 1.165) is 19.3 Å². The van der Waals surface area contributed by atoms with Gasteiger partial charge in [0.25, 0.3) is 0 Å². The molecule has 3 aliphatic rings. The summed E-state index contributed by atoms with van der Waals surface area (Å²) < 4.78 is 0. The number of nitrogens with zero attached hydrogens (tertiary/aromatic N) is 2. The van der Waals surface area contributed by atoms with Gasteiger partial charge in [-0.1, -0.05) is 20.3 Å². The van der Waals surface area contributed by atoms with Gasteiger partial charge in [-0.2, -0.15) is 0 Å². The van der Waals surface area contributed by atoms with Crippen LogP contribution in [0.2, 0.25) is 0 Å². The Kier molecular flexibility index (Phi) is 3.81. The fraction of sp³-hybridized carbons (Fsp3) is 0.933. The summed E-state index contributed by atoms with van der Waals surface area (Å²) in [4.78, 5) is 17.5. The number of hydrogen-bond acceptors (Lipinski definition) is 3. The Bertz CT molecular complexity index is 346. The fourth-order valence-electron chi connectivity index (χ4n) is 4.30. The highest BCUT2D eigenvalue weighted by molar-refractivity contribution is 5.84. The van der Waals surface area contributed by atoms with Gasteiger partial charge in [-0.25, -0.2) is 0 Å². The predicted molar refractivity (Wildman–Crippen MR) is 75.8 cm³/mol. The molecule has 0 spiro atoms. The van der Waals surface area contributed by atoms with Crippen LogP contribution in [0.3, 0.4) is 0 Å². The lowest BCUT2D eigenvalue weighted by Crippen LogP contribution is -2.49. The second kappa shape index (κ2) is 5.41. The van der Waals surface area contributed by atoms with Crippen LogP contribution in [0, 0.1) is 0 Å². The van der Waals surface area contributed by atoms with E-state index in [1.54, 1.807) is 0 Å². The molecule has 0 aliphatic carbocycles. The maximum atomic E-state index is 12.7. The third-order valence-corrected chi connectivity index (χ3v) is 5.17. The molecule has 19 heavy (non-hydrogen) atoms. The standard InChI is InChI=1S/C15H27N3O/c1-3-6-11-15(19)18(14(4-2)16-11)13-8-10-17-9-5-7-12(13)17/h11-14,16H,3-10H2,1-2H3. The minimum absolute atomic E-state index is 0.0744. The highest BCUT2D eigenvalue weighted by atomic mass is 16.2. The lowest BCUT2D eigenvalue weighted by molar-refractivity contribution is -0.132. The Morgan fingerprint density at radius 1 is 1.21 bits per heavy atom. The van der Waals surface area contributed by atoms with Gasteiger partial charge >= 0.3 is 0 Å². The average Bonchev–Trinajstić information content (AvgIpc) is 3.06. The summed E-state index contributed by atoms with van der Waals surface area (Å²) >= 11 is 0. The molecule has 0 saturated carbocycles. The van der Waals surface area contributed by atoms with Crippen molar-refractivity contribution in [1.82, 2.24) is 15.1 Å². The van der Waals surface area contributed by atoms with Crippen LogP contribution in [0.15, 0.2) is 0 Å². The van der Waals surface area contributed by atoms with Gasteiger partial charge in [0.1, 0.15) is 0 Å². The average molecular weight is 265 g/mol. The summed E-state index contributed by atoms with van der Waals surface area (Å²) in [5.41, 5.74) is 0. The Labute approximate surface area is 116 Å². The highest BCUT2D eigenvalue weighted by Gasteiger charge is 2.48. The number of carbonyl (C=O) groups excluding carboxylic acids is 1. The molecule has 0 aromatic heterocycles. The molecule has 4 atom stereocenters. The minimum atomic E-state index is 0.0744. The first-order chi connectivity index (χ1) is 9.26. The first-order valence-electron chi connectivity index (χ1n) is 8.08. The van der Waals surface area contributed by atoms with E-state index in [1.807, 2.05) is 0 Å². The summed E-state index contributed by atoms with van der Waals surface area (Å²) in [6, 6.07) is 1.18. The summed E-state index contributed by atoms with van der Waals surface area (Å²) in [7, 11) is 0. The molecule has 0 radical (unpaired) electrons. The van der Waals surface area contributed by atoms with E-state index in [4.69, 9.17) is 0 Å².